The molecule has 2 aliphatic carbocycles. The van der Waals surface area contributed by atoms with E-state index in [0.29, 0.717) is 16.7 Å². The predicted octanol–water partition coefficient (Wildman–Crippen LogP) is 13.9. The average molecular weight is 1170 g/mol. The first kappa shape index (κ1) is 55.4. The number of aliphatic hydroxyl groups excluding tert-OH is 2. The summed E-state index contributed by atoms with van der Waals surface area (Å²) in [5.74, 6) is 2.83. The van der Waals surface area contributed by atoms with E-state index in [9.17, 15) is 10.2 Å². The molecular formula is C56H73ClN10O4S2Sn. The van der Waals surface area contributed by atoms with E-state index in [1.165, 1.54) is 51.8 Å². The summed E-state index contributed by atoms with van der Waals surface area (Å²) in [6.45, 7) is 7.00. The zero-order valence-electron chi connectivity index (χ0n) is 43.6. The number of imidazole rings is 2. The molecule has 2 aromatic carbocycles. The van der Waals surface area contributed by atoms with E-state index in [0.717, 1.165) is 105 Å². The Morgan fingerprint density at radius 3 is 1.58 bits per heavy atom. The van der Waals surface area contributed by atoms with Crippen molar-refractivity contribution >= 4 is 87.1 Å². The van der Waals surface area contributed by atoms with Crippen LogP contribution in [0.4, 0.5) is 10.3 Å². The van der Waals surface area contributed by atoms with Gasteiger partial charge in [0.15, 0.2) is 10.3 Å². The number of hydrogen-bond donors (Lipinski definition) is 4. The smallest absolute Gasteiger partial charge is 0.184 e. The van der Waals surface area contributed by atoms with Crippen LogP contribution in [-0.2, 0) is 14.1 Å². The Kier molecular flexibility index (Phi) is 20.4. The molecule has 2 saturated carbocycles. The zero-order valence-corrected chi connectivity index (χ0v) is 48.8. The summed E-state index contributed by atoms with van der Waals surface area (Å²) in [7, 11) is 4.14. The summed E-state index contributed by atoms with van der Waals surface area (Å²) >= 11 is 6.84. The van der Waals surface area contributed by atoms with Gasteiger partial charge in [-0.3, -0.25) is 4.98 Å². The number of aliphatic hydroxyl groups is 2. The second-order valence-corrected chi connectivity index (χ2v) is 35.3. The molecule has 0 saturated heterocycles. The number of nitrogens with one attached hydrogen (secondary N) is 2. The van der Waals surface area contributed by atoms with Crippen molar-refractivity contribution in [2.24, 2.45) is 14.1 Å². The summed E-state index contributed by atoms with van der Waals surface area (Å²) in [4.78, 5) is 26.2. The van der Waals surface area contributed by atoms with Crippen LogP contribution in [0.25, 0.3) is 31.8 Å². The Bertz CT molecular complexity index is 2980. The summed E-state index contributed by atoms with van der Waals surface area (Å²) in [6, 6.07) is 19.0. The van der Waals surface area contributed by atoms with E-state index in [-0.39, 0.29) is 24.3 Å². The first-order valence-electron chi connectivity index (χ1n) is 26.6. The SMILES string of the molecule is CCC[CH2][Sn]([CH2]CCC)([CH2]CCC)[c]1cncn1C.Cn1cncc1-c1cc(Oc2ccc3nc(N[C@@H]4CCCC[C@H]4O)sc3c2)ccn1.O[C@@H]1CCCC[C@H]1Nc1nc2ccc(Oc3ccnc(Cl)c3)cc2s1. The predicted molar refractivity (Wildman–Crippen MR) is 307 cm³/mol. The largest absolute Gasteiger partial charge is 0.457 e. The normalized spacial score (nSPS) is 17.8. The average Bonchev–Trinajstić information content (AvgIpc) is 4.23. The molecule has 0 unspecified atom stereocenters. The maximum atomic E-state index is 10.2. The molecule has 0 spiro atoms. The fraction of sp³-hybridized carbons (Fsp3) is 0.464. The second kappa shape index (κ2) is 27.3. The van der Waals surface area contributed by atoms with Crippen molar-refractivity contribution < 1.29 is 19.7 Å². The molecule has 394 valence electrons. The number of benzene rings is 2. The van der Waals surface area contributed by atoms with Gasteiger partial charge in [-0.25, -0.2) is 19.9 Å². The fourth-order valence-corrected chi connectivity index (χ4v) is 28.6. The van der Waals surface area contributed by atoms with Crippen LogP contribution >= 0.6 is 34.3 Å². The number of unbranched alkanes of at least 4 members (excludes halogenated alkanes) is 3. The molecule has 0 radical (unpaired) electrons. The number of halogens is 1. The number of rotatable bonds is 19. The Morgan fingerprint density at radius 2 is 1.11 bits per heavy atom. The van der Waals surface area contributed by atoms with Gasteiger partial charge in [-0.1, -0.05) is 60.0 Å². The van der Waals surface area contributed by atoms with Crippen LogP contribution in [0.15, 0.2) is 98.1 Å². The van der Waals surface area contributed by atoms with E-state index < -0.39 is 18.4 Å². The molecular weight excluding hydrogens is 1090 g/mol. The summed E-state index contributed by atoms with van der Waals surface area (Å²) in [5.41, 5.74) is 3.58. The van der Waals surface area contributed by atoms with Crippen LogP contribution in [0.2, 0.25) is 18.5 Å². The number of nitrogens with zero attached hydrogens (tertiary/aromatic N) is 8. The van der Waals surface area contributed by atoms with Gasteiger partial charge in [0.25, 0.3) is 0 Å². The second-order valence-electron chi connectivity index (χ2n) is 19.8. The van der Waals surface area contributed by atoms with Gasteiger partial charge in [0.05, 0.1) is 68.6 Å². The molecule has 4 N–H and O–H groups in total. The van der Waals surface area contributed by atoms with Crippen LogP contribution in [0, 0.1) is 0 Å². The van der Waals surface area contributed by atoms with Gasteiger partial charge in [0.1, 0.15) is 28.2 Å². The number of fused-ring (bicyclic) bond motifs is 2. The quantitative estimate of drug-likeness (QED) is 0.0447. The third-order valence-corrected chi connectivity index (χ3v) is 32.0. The van der Waals surface area contributed by atoms with Gasteiger partial charge in [-0.2, -0.15) is 0 Å². The standard InChI is InChI=1S/C22H23N5O2S.C18H18ClN3O2S.C4H5N2.3C4H9.Sn/c1-27-13-23-12-19(27)18-10-15(8-9-24-18)29-14-6-7-17-21(11-14)30-22(26-17)25-16-4-2-3-5-20(16)28;19-17-10-12(7-8-20-17)24-11-5-6-14-16(9-11)25-18(22-14)21-13-3-1-2-4-15(13)23;1-6-3-2-5-4-6;3*1-3-4-2;/h6-13,16,20,28H,2-5H2,1H3,(H,25,26);5-10,13,15,23H,1-4H2,(H,21,22);2,4H,1H3;3*1,3-4H2,2H3;/t16-,20-;13-,15-;;;;;/m11...../s1. The van der Waals surface area contributed by atoms with Gasteiger partial charge < -0.3 is 34.9 Å². The minimum absolute atomic E-state index is 0.0808. The Morgan fingerprint density at radius 1 is 0.622 bits per heavy atom. The van der Waals surface area contributed by atoms with Crippen molar-refractivity contribution in [2.75, 3.05) is 10.6 Å². The molecule has 2 aliphatic rings. The van der Waals surface area contributed by atoms with Crippen LogP contribution < -0.4 is 23.8 Å². The Hall–Kier alpha value is -4.85. The molecule has 0 amide bonds. The number of hydrogen-bond acceptors (Lipinski definition) is 14. The van der Waals surface area contributed by atoms with E-state index in [1.807, 2.05) is 66.5 Å². The molecule has 6 heterocycles. The molecule has 8 aromatic rings. The molecule has 0 bridgehead atoms. The summed E-state index contributed by atoms with van der Waals surface area (Å²) in [6.07, 6.45) is 27.0. The third-order valence-electron chi connectivity index (χ3n) is 14.2. The molecule has 2 fully saturated rings. The van der Waals surface area contributed by atoms with Gasteiger partial charge in [-0.05, 0) is 62.1 Å². The molecule has 4 atom stereocenters. The summed E-state index contributed by atoms with van der Waals surface area (Å²) in [5, 5.41) is 29.2. The molecule has 18 heteroatoms. The van der Waals surface area contributed by atoms with Crippen molar-refractivity contribution in [3.8, 4) is 34.4 Å². The molecule has 74 heavy (non-hydrogen) atoms. The molecule has 10 rings (SSSR count). The van der Waals surface area contributed by atoms with Crippen LogP contribution in [0.3, 0.4) is 0 Å². The van der Waals surface area contributed by atoms with Gasteiger partial charge in [0, 0.05) is 43.7 Å². The minimum atomic E-state index is -2.19. The van der Waals surface area contributed by atoms with Crippen molar-refractivity contribution in [1.29, 1.82) is 0 Å². The Balaban J connectivity index is 0.000000152. The van der Waals surface area contributed by atoms with Crippen molar-refractivity contribution in [3.63, 3.8) is 0 Å². The molecule has 0 aliphatic heterocycles. The minimum Gasteiger partial charge on any atom is -0.457 e. The van der Waals surface area contributed by atoms with Crippen LogP contribution in [0.5, 0.6) is 23.0 Å². The number of aromatic nitrogens is 8. The van der Waals surface area contributed by atoms with Crippen molar-refractivity contribution in [1.82, 2.24) is 39.0 Å². The first-order valence-corrected chi connectivity index (χ1v) is 36.1. The van der Waals surface area contributed by atoms with E-state index >= 15 is 0 Å². The third kappa shape index (κ3) is 15.0. The number of aryl methyl sites for hydroxylation is 2. The topological polar surface area (TPSA) is 170 Å². The number of anilines is 2. The van der Waals surface area contributed by atoms with E-state index in [1.54, 1.807) is 63.4 Å². The summed E-state index contributed by atoms with van der Waals surface area (Å²) < 4.78 is 24.5. The number of pyridine rings is 2. The molecule has 14 nitrogen and oxygen atoms in total. The van der Waals surface area contributed by atoms with Gasteiger partial charge >= 0.3 is 124 Å². The van der Waals surface area contributed by atoms with E-state index in [4.69, 9.17) is 21.1 Å². The fourth-order valence-electron chi connectivity index (χ4n) is 10.0. The maximum absolute atomic E-state index is 10.2. The van der Waals surface area contributed by atoms with E-state index in [2.05, 4.69) is 79.1 Å². The maximum Gasteiger partial charge on any atom is 0.184 e. The zero-order chi connectivity index (χ0) is 51.9. The van der Waals surface area contributed by atoms with Crippen molar-refractivity contribution in [3.05, 3.63) is 103 Å². The van der Waals surface area contributed by atoms with Crippen LogP contribution in [0.1, 0.15) is 111 Å². The number of ether oxygens (including phenoxy) is 2. The van der Waals surface area contributed by atoms with Gasteiger partial charge in [-0.15, -0.1) is 0 Å². The van der Waals surface area contributed by atoms with Gasteiger partial charge in [0.2, 0.25) is 0 Å². The van der Waals surface area contributed by atoms with Crippen LogP contribution in [-0.4, -0.2) is 91.9 Å². The number of thiazole rings is 2. The first-order chi connectivity index (χ1) is 36.0. The van der Waals surface area contributed by atoms with Crippen molar-refractivity contribution in [2.45, 2.75) is 148 Å². The monoisotopic (exact) mass is 1170 g/mol. The Labute approximate surface area is 453 Å². The molecule has 6 aromatic heterocycles.